The molecule has 0 aromatic heterocycles. The van der Waals surface area contributed by atoms with E-state index < -0.39 is 17.8 Å². The number of amides is 2. The first-order valence-corrected chi connectivity index (χ1v) is 10.7. The van der Waals surface area contributed by atoms with Crippen molar-refractivity contribution in [2.75, 3.05) is 12.0 Å². The second-order valence-corrected chi connectivity index (χ2v) is 7.99. The van der Waals surface area contributed by atoms with Gasteiger partial charge in [0.05, 0.1) is 23.4 Å². The molecular formula is C26H17Cl2NO4. The van der Waals surface area contributed by atoms with Crippen LogP contribution in [0.2, 0.25) is 10.0 Å². The maximum atomic E-state index is 13.7. The summed E-state index contributed by atoms with van der Waals surface area (Å²) in [7, 11) is 1.25. The van der Waals surface area contributed by atoms with Crippen molar-refractivity contribution in [2.45, 2.75) is 0 Å². The molecule has 0 aliphatic carbocycles. The number of anilines is 1. The Labute approximate surface area is 200 Å². The van der Waals surface area contributed by atoms with Gasteiger partial charge in [-0.3, -0.25) is 9.59 Å². The van der Waals surface area contributed by atoms with Crippen LogP contribution in [0.1, 0.15) is 31.1 Å². The number of hydrogen-bond donors (Lipinski definition) is 0. The molecule has 4 aromatic carbocycles. The van der Waals surface area contributed by atoms with Crippen molar-refractivity contribution in [3.8, 4) is 0 Å². The minimum Gasteiger partial charge on any atom is -0.465 e. The molecule has 0 saturated heterocycles. The van der Waals surface area contributed by atoms with E-state index in [9.17, 15) is 14.4 Å². The van der Waals surface area contributed by atoms with Crippen molar-refractivity contribution >= 4 is 57.4 Å². The number of hydrogen-bond acceptors (Lipinski definition) is 4. The van der Waals surface area contributed by atoms with Gasteiger partial charge in [0, 0.05) is 21.5 Å². The summed E-state index contributed by atoms with van der Waals surface area (Å²) in [6.45, 7) is 0. The van der Waals surface area contributed by atoms with E-state index in [0.717, 1.165) is 4.90 Å². The van der Waals surface area contributed by atoms with Crippen LogP contribution in [0.3, 0.4) is 0 Å². The molecular weight excluding hydrogens is 461 g/mol. The van der Waals surface area contributed by atoms with Gasteiger partial charge in [0.1, 0.15) is 0 Å². The maximum Gasteiger partial charge on any atom is 0.337 e. The van der Waals surface area contributed by atoms with Gasteiger partial charge in [-0.25, -0.2) is 9.69 Å². The van der Waals surface area contributed by atoms with E-state index in [1.54, 1.807) is 72.8 Å². The Bertz CT molecular complexity index is 1320. The van der Waals surface area contributed by atoms with Gasteiger partial charge in [0.25, 0.3) is 11.8 Å². The number of benzene rings is 4. The molecule has 0 bridgehead atoms. The molecule has 33 heavy (non-hydrogen) atoms. The first kappa shape index (κ1) is 22.5. The van der Waals surface area contributed by atoms with Gasteiger partial charge in [0.15, 0.2) is 0 Å². The minimum absolute atomic E-state index is 0.144. The lowest BCUT2D eigenvalue weighted by atomic mass is 10.0. The fourth-order valence-corrected chi connectivity index (χ4v) is 4.15. The number of ether oxygens (including phenoxy) is 1. The highest BCUT2D eigenvalue weighted by molar-refractivity contribution is 6.41. The third-order valence-corrected chi connectivity index (χ3v) is 5.57. The van der Waals surface area contributed by atoms with Gasteiger partial charge in [-0.2, -0.15) is 0 Å². The zero-order valence-electron chi connectivity index (χ0n) is 17.4. The molecule has 7 heteroatoms. The quantitative estimate of drug-likeness (QED) is 0.251. The van der Waals surface area contributed by atoms with Crippen LogP contribution >= 0.6 is 23.2 Å². The second kappa shape index (κ2) is 9.45. The average molecular weight is 478 g/mol. The van der Waals surface area contributed by atoms with Crippen LogP contribution in [0, 0.1) is 0 Å². The molecule has 0 atom stereocenters. The minimum atomic E-state index is -0.631. The van der Waals surface area contributed by atoms with E-state index in [0.29, 0.717) is 26.9 Å². The van der Waals surface area contributed by atoms with Gasteiger partial charge >= 0.3 is 5.97 Å². The number of methoxy groups -OCH3 is 1. The highest BCUT2D eigenvalue weighted by atomic mass is 35.5. The van der Waals surface area contributed by atoms with Gasteiger partial charge in [-0.15, -0.1) is 0 Å². The zero-order valence-corrected chi connectivity index (χ0v) is 18.9. The lowest BCUT2D eigenvalue weighted by Crippen LogP contribution is -2.37. The number of fused-ring (bicyclic) bond motifs is 1. The number of carbonyl (C=O) groups is 3. The Morgan fingerprint density at radius 1 is 0.727 bits per heavy atom. The molecule has 0 spiro atoms. The van der Waals surface area contributed by atoms with E-state index >= 15 is 0 Å². The summed E-state index contributed by atoms with van der Waals surface area (Å²) in [6, 6.07) is 22.9. The molecule has 0 aliphatic rings. The predicted molar refractivity (Wildman–Crippen MR) is 129 cm³/mol. The van der Waals surface area contributed by atoms with Gasteiger partial charge in [-0.05, 0) is 53.9 Å². The number of carbonyl (C=O) groups excluding carboxylic acids is 3. The standard InChI is InChI=1S/C26H17Cl2NO4/c1-33-26(32)19-12-18-13-20(27)15-21(28)23(18)22(14-19)29(24(30)16-8-4-2-5-9-16)25(31)17-10-6-3-7-11-17/h2-15H,1H3. The largest absolute Gasteiger partial charge is 0.465 e. The zero-order chi connectivity index (χ0) is 23.5. The average Bonchev–Trinajstić information content (AvgIpc) is 2.83. The van der Waals surface area contributed by atoms with Crippen LogP contribution in [0.5, 0.6) is 0 Å². The molecule has 4 rings (SSSR count). The van der Waals surface area contributed by atoms with E-state index in [2.05, 4.69) is 0 Å². The second-order valence-electron chi connectivity index (χ2n) is 7.15. The normalized spacial score (nSPS) is 10.6. The van der Waals surface area contributed by atoms with Gasteiger partial charge in [0.2, 0.25) is 0 Å². The van der Waals surface area contributed by atoms with Crippen molar-refractivity contribution < 1.29 is 19.1 Å². The Hall–Kier alpha value is -3.67. The SMILES string of the molecule is COC(=O)c1cc(N(C(=O)c2ccccc2)C(=O)c2ccccc2)c2c(Cl)cc(Cl)cc2c1. The third-order valence-electron chi connectivity index (χ3n) is 5.05. The highest BCUT2D eigenvalue weighted by Crippen LogP contribution is 2.38. The number of nitrogens with zero attached hydrogens (tertiary/aromatic N) is 1. The molecule has 0 saturated carbocycles. The lowest BCUT2D eigenvalue weighted by Gasteiger charge is -2.24. The van der Waals surface area contributed by atoms with Gasteiger partial charge in [-0.1, -0.05) is 59.6 Å². The number of halogens is 2. The van der Waals surface area contributed by atoms with E-state index in [1.165, 1.54) is 19.2 Å². The van der Waals surface area contributed by atoms with Crippen molar-refractivity contribution in [2.24, 2.45) is 0 Å². The van der Waals surface area contributed by atoms with E-state index in [-0.39, 0.29) is 16.3 Å². The predicted octanol–water partition coefficient (Wildman–Crippen LogP) is 6.42. The molecule has 0 heterocycles. The molecule has 0 fully saturated rings. The van der Waals surface area contributed by atoms with Crippen molar-refractivity contribution in [3.05, 3.63) is 112 Å². The summed E-state index contributed by atoms with van der Waals surface area (Å²) in [5.74, 6) is -1.77. The van der Waals surface area contributed by atoms with Crippen LogP contribution < -0.4 is 4.90 Å². The molecule has 4 aromatic rings. The lowest BCUT2D eigenvalue weighted by molar-refractivity contribution is 0.0600. The number of imide groups is 1. The topological polar surface area (TPSA) is 63.7 Å². The van der Waals surface area contributed by atoms with Crippen molar-refractivity contribution in [3.63, 3.8) is 0 Å². The smallest absolute Gasteiger partial charge is 0.337 e. The fourth-order valence-electron chi connectivity index (χ4n) is 3.55. The summed E-state index contributed by atoms with van der Waals surface area (Å²) in [4.78, 5) is 40.7. The fraction of sp³-hybridized carbons (Fsp3) is 0.0385. The summed E-state index contributed by atoms with van der Waals surface area (Å²) < 4.78 is 4.88. The highest BCUT2D eigenvalue weighted by Gasteiger charge is 2.29. The maximum absolute atomic E-state index is 13.7. The number of rotatable bonds is 4. The Morgan fingerprint density at radius 3 is 1.79 bits per heavy atom. The van der Waals surface area contributed by atoms with Crippen molar-refractivity contribution in [1.29, 1.82) is 0 Å². The van der Waals surface area contributed by atoms with Gasteiger partial charge < -0.3 is 4.74 Å². The van der Waals surface area contributed by atoms with E-state index in [4.69, 9.17) is 27.9 Å². The molecule has 0 unspecified atom stereocenters. The summed E-state index contributed by atoms with van der Waals surface area (Å²) >= 11 is 12.7. The Balaban J connectivity index is 2.04. The first-order valence-electron chi connectivity index (χ1n) is 9.90. The summed E-state index contributed by atoms with van der Waals surface area (Å²) in [5, 5.41) is 1.46. The van der Waals surface area contributed by atoms with Crippen LogP contribution in [0.15, 0.2) is 84.9 Å². The molecule has 2 amide bonds. The Morgan fingerprint density at radius 2 is 1.27 bits per heavy atom. The van der Waals surface area contributed by atoms with Crippen LogP contribution in [-0.4, -0.2) is 24.9 Å². The summed E-state index contributed by atoms with van der Waals surface area (Å²) in [6.07, 6.45) is 0. The van der Waals surface area contributed by atoms with Crippen LogP contribution in [-0.2, 0) is 4.74 Å². The van der Waals surface area contributed by atoms with E-state index in [1.807, 2.05) is 0 Å². The Kier molecular flexibility index (Phi) is 6.45. The first-order chi connectivity index (χ1) is 15.9. The summed E-state index contributed by atoms with van der Waals surface area (Å²) in [5.41, 5.74) is 0.884. The monoisotopic (exact) mass is 477 g/mol. The molecule has 164 valence electrons. The number of esters is 1. The molecule has 0 radical (unpaired) electrons. The third kappa shape index (κ3) is 4.46. The molecule has 0 N–H and O–H groups in total. The van der Waals surface area contributed by atoms with Crippen molar-refractivity contribution in [1.82, 2.24) is 0 Å². The van der Waals surface area contributed by atoms with Crippen LogP contribution in [0.4, 0.5) is 5.69 Å². The van der Waals surface area contributed by atoms with Crippen LogP contribution in [0.25, 0.3) is 10.8 Å². The molecule has 0 aliphatic heterocycles. The molecule has 5 nitrogen and oxygen atoms in total.